The molecule has 0 bridgehead atoms. The second kappa shape index (κ2) is 9.14. The summed E-state index contributed by atoms with van der Waals surface area (Å²) in [6, 6.07) is 5.46. The number of carbonyl (C=O) groups excluding carboxylic acids is 1. The van der Waals surface area contributed by atoms with Crippen molar-refractivity contribution in [3.8, 4) is 11.3 Å². The molecule has 1 amide bonds. The van der Waals surface area contributed by atoms with Gasteiger partial charge in [-0.25, -0.2) is 14.4 Å². The Balaban J connectivity index is 2.21. The van der Waals surface area contributed by atoms with Gasteiger partial charge in [-0.15, -0.1) is 0 Å². The van der Waals surface area contributed by atoms with Crippen LogP contribution in [0.2, 0.25) is 0 Å². The van der Waals surface area contributed by atoms with Crippen molar-refractivity contribution in [2.24, 2.45) is 0 Å². The molecule has 0 unspecified atom stereocenters. The molecule has 0 aliphatic rings. The highest BCUT2D eigenvalue weighted by Crippen LogP contribution is 2.32. The summed E-state index contributed by atoms with van der Waals surface area (Å²) < 4.78 is 57.3. The quantitative estimate of drug-likeness (QED) is 0.435. The van der Waals surface area contributed by atoms with Gasteiger partial charge in [0.05, 0.1) is 18.1 Å². The van der Waals surface area contributed by atoms with Crippen molar-refractivity contribution in [3.63, 3.8) is 0 Å². The van der Waals surface area contributed by atoms with E-state index < -0.39 is 17.7 Å². The lowest BCUT2D eigenvalue weighted by Crippen LogP contribution is -2.36. The van der Waals surface area contributed by atoms with Crippen LogP contribution in [-0.2, 0) is 15.7 Å². The van der Waals surface area contributed by atoms with Gasteiger partial charge in [-0.1, -0.05) is 11.8 Å². The molecular formula is C17H17F4N3O2S. The molecule has 1 aromatic heterocycles. The van der Waals surface area contributed by atoms with Crippen molar-refractivity contribution in [3.05, 3.63) is 41.8 Å². The zero-order valence-corrected chi connectivity index (χ0v) is 15.3. The lowest BCUT2D eigenvalue weighted by atomic mass is 10.1. The van der Waals surface area contributed by atoms with Crippen LogP contribution in [0.3, 0.4) is 0 Å². The molecule has 0 aliphatic heterocycles. The molecule has 2 aromatic rings. The number of aromatic nitrogens is 2. The van der Waals surface area contributed by atoms with E-state index in [0.29, 0.717) is 12.2 Å². The third kappa shape index (κ3) is 6.47. The number of hydrogen-bond donors (Lipinski definition) is 1. The standard InChI is InChI=1S/C17H17F4N3O2S/c1-10(8-26-2)22-15(25)9-27-16-23-13(7-14(24-16)17(19,20)21)11-3-5-12(18)6-4-11/h3-7,10H,8-9H2,1-2H3,(H,22,25)/t10-/m1/s1. The summed E-state index contributed by atoms with van der Waals surface area (Å²) in [7, 11) is 1.49. The van der Waals surface area contributed by atoms with E-state index in [1.807, 2.05) is 0 Å². The average Bonchev–Trinajstić information content (AvgIpc) is 2.60. The second-order valence-electron chi connectivity index (χ2n) is 5.64. The maximum absolute atomic E-state index is 13.1. The zero-order chi connectivity index (χ0) is 20.0. The highest BCUT2D eigenvalue weighted by atomic mass is 32.2. The zero-order valence-electron chi connectivity index (χ0n) is 14.5. The maximum atomic E-state index is 13.1. The van der Waals surface area contributed by atoms with Gasteiger partial charge in [0.2, 0.25) is 5.91 Å². The molecule has 0 spiro atoms. The topological polar surface area (TPSA) is 64.1 Å². The number of nitrogens with one attached hydrogen (secondary N) is 1. The van der Waals surface area contributed by atoms with E-state index in [1.54, 1.807) is 6.92 Å². The average molecular weight is 403 g/mol. The van der Waals surface area contributed by atoms with Crippen molar-refractivity contribution < 1.29 is 27.1 Å². The van der Waals surface area contributed by atoms with E-state index in [1.165, 1.54) is 19.2 Å². The molecule has 1 N–H and O–H groups in total. The molecule has 1 atom stereocenters. The predicted octanol–water partition coefficient (Wildman–Crippen LogP) is 3.54. The molecule has 10 heteroatoms. The first-order valence-electron chi connectivity index (χ1n) is 7.82. The van der Waals surface area contributed by atoms with Gasteiger partial charge in [-0.05, 0) is 37.3 Å². The van der Waals surface area contributed by atoms with Gasteiger partial charge in [-0.2, -0.15) is 13.2 Å². The maximum Gasteiger partial charge on any atom is 0.433 e. The monoisotopic (exact) mass is 403 g/mol. The Morgan fingerprint density at radius 3 is 2.52 bits per heavy atom. The predicted molar refractivity (Wildman–Crippen MR) is 92.6 cm³/mol. The van der Waals surface area contributed by atoms with Crippen LogP contribution < -0.4 is 5.32 Å². The Hall–Kier alpha value is -2.20. The van der Waals surface area contributed by atoms with Crippen molar-refractivity contribution in [1.29, 1.82) is 0 Å². The highest BCUT2D eigenvalue weighted by Gasteiger charge is 2.34. The van der Waals surface area contributed by atoms with Gasteiger partial charge < -0.3 is 10.1 Å². The molecule has 27 heavy (non-hydrogen) atoms. The number of carbonyl (C=O) groups is 1. The molecule has 0 saturated carbocycles. The Kier molecular flexibility index (Phi) is 7.14. The van der Waals surface area contributed by atoms with Crippen molar-refractivity contribution in [1.82, 2.24) is 15.3 Å². The summed E-state index contributed by atoms with van der Waals surface area (Å²) in [4.78, 5) is 19.4. The van der Waals surface area contributed by atoms with Gasteiger partial charge >= 0.3 is 6.18 Å². The number of amides is 1. The van der Waals surface area contributed by atoms with Crippen LogP contribution >= 0.6 is 11.8 Å². The molecule has 1 aromatic carbocycles. The Morgan fingerprint density at radius 1 is 1.26 bits per heavy atom. The largest absolute Gasteiger partial charge is 0.433 e. The summed E-state index contributed by atoms with van der Waals surface area (Å²) in [5.41, 5.74) is -0.829. The molecule has 0 aliphatic carbocycles. The van der Waals surface area contributed by atoms with Crippen LogP contribution in [0, 0.1) is 5.82 Å². The van der Waals surface area contributed by atoms with E-state index in [4.69, 9.17) is 4.74 Å². The van der Waals surface area contributed by atoms with Crippen LogP contribution in [-0.4, -0.2) is 41.4 Å². The molecule has 1 heterocycles. The van der Waals surface area contributed by atoms with E-state index >= 15 is 0 Å². The normalized spacial score (nSPS) is 12.7. The number of halogens is 4. The lowest BCUT2D eigenvalue weighted by molar-refractivity contribution is -0.141. The summed E-state index contributed by atoms with van der Waals surface area (Å²) in [5.74, 6) is -1.05. The molecule has 146 valence electrons. The summed E-state index contributed by atoms with van der Waals surface area (Å²) in [6.45, 7) is 2.05. The highest BCUT2D eigenvalue weighted by molar-refractivity contribution is 7.99. The third-order valence-electron chi connectivity index (χ3n) is 3.29. The van der Waals surface area contributed by atoms with Gasteiger partial charge in [-0.3, -0.25) is 4.79 Å². The van der Waals surface area contributed by atoms with Crippen LogP contribution in [0.15, 0.2) is 35.5 Å². The van der Waals surface area contributed by atoms with Crippen LogP contribution in [0.5, 0.6) is 0 Å². The van der Waals surface area contributed by atoms with Crippen molar-refractivity contribution in [2.45, 2.75) is 24.3 Å². The first kappa shape index (κ1) is 21.1. The fraction of sp³-hybridized carbons (Fsp3) is 0.353. The molecule has 0 fully saturated rings. The number of alkyl halides is 3. The number of rotatable bonds is 7. The smallest absolute Gasteiger partial charge is 0.383 e. The summed E-state index contributed by atoms with van der Waals surface area (Å²) in [6.07, 6.45) is -4.68. The third-order valence-corrected chi connectivity index (χ3v) is 4.14. The fourth-order valence-electron chi connectivity index (χ4n) is 2.14. The number of ether oxygens (including phenoxy) is 1. The fourth-order valence-corrected chi connectivity index (χ4v) is 2.81. The minimum atomic E-state index is -4.68. The van der Waals surface area contributed by atoms with Crippen LogP contribution in [0.4, 0.5) is 17.6 Å². The summed E-state index contributed by atoms with van der Waals surface area (Å²) >= 11 is 0.782. The number of benzene rings is 1. The number of methoxy groups -OCH3 is 1. The Morgan fingerprint density at radius 2 is 1.93 bits per heavy atom. The van der Waals surface area contributed by atoms with Gasteiger partial charge in [0.25, 0.3) is 0 Å². The van der Waals surface area contributed by atoms with Gasteiger partial charge in [0, 0.05) is 18.7 Å². The number of nitrogens with zero attached hydrogens (tertiary/aromatic N) is 2. The number of thioether (sulfide) groups is 1. The van der Waals surface area contributed by atoms with Crippen LogP contribution in [0.25, 0.3) is 11.3 Å². The Bertz CT molecular complexity index is 785. The Labute approximate surface area is 157 Å². The first-order chi connectivity index (χ1) is 12.7. The van der Waals surface area contributed by atoms with Crippen LogP contribution in [0.1, 0.15) is 12.6 Å². The summed E-state index contributed by atoms with van der Waals surface area (Å²) in [5, 5.41) is 2.45. The van der Waals surface area contributed by atoms with E-state index in [-0.39, 0.29) is 28.6 Å². The van der Waals surface area contributed by atoms with Gasteiger partial charge in [0.15, 0.2) is 5.16 Å². The minimum absolute atomic E-state index is 0.00650. The molecular weight excluding hydrogens is 386 g/mol. The van der Waals surface area contributed by atoms with E-state index in [0.717, 1.165) is 30.0 Å². The van der Waals surface area contributed by atoms with Gasteiger partial charge in [0.1, 0.15) is 11.5 Å². The van der Waals surface area contributed by atoms with Crippen molar-refractivity contribution >= 4 is 17.7 Å². The molecule has 0 radical (unpaired) electrons. The van der Waals surface area contributed by atoms with Crippen molar-refractivity contribution in [2.75, 3.05) is 19.5 Å². The molecule has 5 nitrogen and oxygen atoms in total. The SMILES string of the molecule is COC[C@@H](C)NC(=O)CSc1nc(-c2ccc(F)cc2)cc(C(F)(F)F)n1. The lowest BCUT2D eigenvalue weighted by Gasteiger charge is -2.13. The number of hydrogen-bond acceptors (Lipinski definition) is 5. The van der Waals surface area contributed by atoms with E-state index in [2.05, 4.69) is 15.3 Å². The van der Waals surface area contributed by atoms with E-state index in [9.17, 15) is 22.4 Å². The molecule has 2 rings (SSSR count). The first-order valence-corrected chi connectivity index (χ1v) is 8.81. The second-order valence-corrected chi connectivity index (χ2v) is 6.58. The minimum Gasteiger partial charge on any atom is -0.383 e. The molecule has 0 saturated heterocycles.